The summed E-state index contributed by atoms with van der Waals surface area (Å²) in [5, 5.41) is 3.43. The van der Waals surface area contributed by atoms with E-state index in [1.54, 1.807) is 7.11 Å². The van der Waals surface area contributed by atoms with Crippen molar-refractivity contribution in [3.63, 3.8) is 0 Å². The standard InChI is InChI=1S/C15H28N4O/c1-4-18-9-5-7-14(18)12-19-11-13(2)17-15(19)16-8-6-10-20-3/h11,14H,4-10,12H2,1-3H3,(H,16,17). The number of aromatic nitrogens is 2. The van der Waals surface area contributed by atoms with E-state index < -0.39 is 0 Å². The topological polar surface area (TPSA) is 42.3 Å². The molecule has 20 heavy (non-hydrogen) atoms. The van der Waals surface area contributed by atoms with Gasteiger partial charge in [0, 0.05) is 39.0 Å². The Kier molecular flexibility index (Phi) is 5.86. The Hall–Kier alpha value is -1.07. The van der Waals surface area contributed by atoms with E-state index >= 15 is 0 Å². The number of nitrogens with one attached hydrogen (secondary N) is 1. The number of hydrogen-bond donors (Lipinski definition) is 1. The van der Waals surface area contributed by atoms with Crippen LogP contribution in [-0.2, 0) is 11.3 Å². The Bertz CT molecular complexity index is 405. The van der Waals surface area contributed by atoms with Crippen LogP contribution >= 0.6 is 0 Å². The fourth-order valence-electron chi connectivity index (χ4n) is 2.99. The highest BCUT2D eigenvalue weighted by Crippen LogP contribution is 2.20. The quantitative estimate of drug-likeness (QED) is 0.741. The third kappa shape index (κ3) is 3.96. The molecule has 1 unspecified atom stereocenters. The first-order valence-electron chi connectivity index (χ1n) is 7.75. The summed E-state index contributed by atoms with van der Waals surface area (Å²) in [4.78, 5) is 7.17. The minimum Gasteiger partial charge on any atom is -0.385 e. The maximum atomic E-state index is 5.08. The Morgan fingerprint density at radius 2 is 2.35 bits per heavy atom. The average Bonchev–Trinajstić information content (AvgIpc) is 3.02. The molecule has 0 aliphatic carbocycles. The smallest absolute Gasteiger partial charge is 0.203 e. The zero-order chi connectivity index (χ0) is 14.4. The first kappa shape index (κ1) is 15.3. The lowest BCUT2D eigenvalue weighted by atomic mass is 10.2. The number of ether oxygens (including phenoxy) is 1. The van der Waals surface area contributed by atoms with Gasteiger partial charge in [0.25, 0.3) is 0 Å². The van der Waals surface area contributed by atoms with Crippen molar-refractivity contribution in [2.75, 3.05) is 38.7 Å². The molecule has 0 saturated carbocycles. The molecule has 1 aliphatic heterocycles. The summed E-state index contributed by atoms with van der Waals surface area (Å²) >= 11 is 0. The van der Waals surface area contributed by atoms with Gasteiger partial charge >= 0.3 is 0 Å². The van der Waals surface area contributed by atoms with E-state index in [9.17, 15) is 0 Å². The van der Waals surface area contributed by atoms with E-state index in [0.29, 0.717) is 6.04 Å². The zero-order valence-electron chi connectivity index (χ0n) is 13.1. The maximum absolute atomic E-state index is 5.08. The molecule has 1 aromatic rings. The van der Waals surface area contributed by atoms with Crippen LogP contribution in [-0.4, -0.2) is 53.8 Å². The second kappa shape index (κ2) is 7.64. The molecule has 1 aliphatic rings. The first-order valence-corrected chi connectivity index (χ1v) is 7.75. The highest BCUT2D eigenvalue weighted by molar-refractivity contribution is 5.28. The molecule has 1 fully saturated rings. The van der Waals surface area contributed by atoms with Crippen molar-refractivity contribution in [3.05, 3.63) is 11.9 Å². The van der Waals surface area contributed by atoms with E-state index in [1.807, 2.05) is 0 Å². The van der Waals surface area contributed by atoms with Gasteiger partial charge in [-0.05, 0) is 39.3 Å². The minimum atomic E-state index is 0.660. The molecule has 1 N–H and O–H groups in total. The van der Waals surface area contributed by atoms with Crippen molar-refractivity contribution < 1.29 is 4.74 Å². The molecular weight excluding hydrogens is 252 g/mol. The van der Waals surface area contributed by atoms with E-state index in [0.717, 1.165) is 44.3 Å². The van der Waals surface area contributed by atoms with Gasteiger partial charge in [0.05, 0.1) is 5.69 Å². The Morgan fingerprint density at radius 3 is 3.10 bits per heavy atom. The van der Waals surface area contributed by atoms with Crippen LogP contribution in [0, 0.1) is 6.92 Å². The van der Waals surface area contributed by atoms with Crippen LogP contribution in [0.1, 0.15) is 31.9 Å². The van der Waals surface area contributed by atoms with E-state index in [2.05, 4.69) is 39.8 Å². The molecule has 1 aromatic heterocycles. The third-order valence-corrected chi connectivity index (χ3v) is 4.02. The van der Waals surface area contributed by atoms with Gasteiger partial charge in [-0.3, -0.25) is 4.90 Å². The van der Waals surface area contributed by atoms with Gasteiger partial charge in [-0.1, -0.05) is 6.92 Å². The summed E-state index contributed by atoms with van der Waals surface area (Å²) < 4.78 is 7.36. The normalized spacial score (nSPS) is 19.6. The average molecular weight is 280 g/mol. The summed E-state index contributed by atoms with van der Waals surface area (Å²) in [5.41, 5.74) is 1.08. The predicted molar refractivity (Wildman–Crippen MR) is 82.2 cm³/mol. The summed E-state index contributed by atoms with van der Waals surface area (Å²) in [7, 11) is 1.74. The molecule has 5 nitrogen and oxygen atoms in total. The van der Waals surface area contributed by atoms with Gasteiger partial charge in [0.2, 0.25) is 5.95 Å². The number of aryl methyl sites for hydroxylation is 1. The highest BCUT2D eigenvalue weighted by atomic mass is 16.5. The Labute approximate surface area is 122 Å². The molecule has 1 atom stereocenters. The van der Waals surface area contributed by atoms with Crippen molar-refractivity contribution in [2.45, 2.75) is 45.7 Å². The maximum Gasteiger partial charge on any atom is 0.203 e. The molecule has 0 aromatic carbocycles. The Morgan fingerprint density at radius 1 is 1.50 bits per heavy atom. The number of rotatable bonds is 8. The fraction of sp³-hybridized carbons (Fsp3) is 0.800. The third-order valence-electron chi connectivity index (χ3n) is 4.02. The van der Waals surface area contributed by atoms with Gasteiger partial charge < -0.3 is 14.6 Å². The zero-order valence-corrected chi connectivity index (χ0v) is 13.1. The van der Waals surface area contributed by atoms with E-state index in [-0.39, 0.29) is 0 Å². The molecule has 0 amide bonds. The monoisotopic (exact) mass is 280 g/mol. The molecule has 5 heteroatoms. The van der Waals surface area contributed by atoms with E-state index in [4.69, 9.17) is 4.74 Å². The van der Waals surface area contributed by atoms with Crippen LogP contribution < -0.4 is 5.32 Å². The van der Waals surface area contributed by atoms with Gasteiger partial charge in [-0.25, -0.2) is 4.98 Å². The Balaban J connectivity index is 1.93. The van der Waals surface area contributed by atoms with E-state index in [1.165, 1.54) is 19.4 Å². The van der Waals surface area contributed by atoms with Crippen LogP contribution in [0.5, 0.6) is 0 Å². The number of anilines is 1. The first-order chi connectivity index (χ1) is 9.74. The number of imidazole rings is 1. The van der Waals surface area contributed by atoms with Crippen LogP contribution in [0.25, 0.3) is 0 Å². The highest BCUT2D eigenvalue weighted by Gasteiger charge is 2.24. The summed E-state index contributed by atoms with van der Waals surface area (Å²) in [6.45, 7) is 9.44. The second-order valence-corrected chi connectivity index (χ2v) is 5.56. The van der Waals surface area contributed by atoms with Crippen LogP contribution in [0.2, 0.25) is 0 Å². The predicted octanol–water partition coefficient (Wildman–Crippen LogP) is 2.12. The minimum absolute atomic E-state index is 0.660. The molecule has 2 rings (SSSR count). The van der Waals surface area contributed by atoms with Crippen molar-refractivity contribution in [2.24, 2.45) is 0 Å². The molecular formula is C15H28N4O. The molecule has 114 valence electrons. The lowest BCUT2D eigenvalue weighted by Gasteiger charge is -2.23. The molecule has 1 saturated heterocycles. The SMILES string of the molecule is CCN1CCCC1Cn1cc(C)nc1NCCCOC. The summed E-state index contributed by atoms with van der Waals surface area (Å²) in [6, 6.07) is 0.660. The van der Waals surface area contributed by atoms with Gasteiger partial charge in [-0.2, -0.15) is 0 Å². The number of methoxy groups -OCH3 is 1. The van der Waals surface area contributed by atoms with Gasteiger partial charge in [0.1, 0.15) is 0 Å². The largest absolute Gasteiger partial charge is 0.385 e. The summed E-state index contributed by atoms with van der Waals surface area (Å²) in [5.74, 6) is 1.00. The van der Waals surface area contributed by atoms with Crippen molar-refractivity contribution in [3.8, 4) is 0 Å². The second-order valence-electron chi connectivity index (χ2n) is 5.56. The lowest BCUT2D eigenvalue weighted by molar-refractivity contribution is 0.197. The molecule has 0 spiro atoms. The van der Waals surface area contributed by atoms with Crippen molar-refractivity contribution in [1.82, 2.24) is 14.5 Å². The molecule has 0 radical (unpaired) electrons. The summed E-state index contributed by atoms with van der Waals surface area (Å²) in [6.07, 6.45) is 5.79. The molecule has 0 bridgehead atoms. The van der Waals surface area contributed by atoms with Gasteiger partial charge in [0.15, 0.2) is 0 Å². The van der Waals surface area contributed by atoms with Gasteiger partial charge in [-0.15, -0.1) is 0 Å². The van der Waals surface area contributed by atoms with Crippen LogP contribution in [0.4, 0.5) is 5.95 Å². The number of hydrogen-bond acceptors (Lipinski definition) is 4. The fourth-order valence-corrected chi connectivity index (χ4v) is 2.99. The van der Waals surface area contributed by atoms with Crippen molar-refractivity contribution in [1.29, 1.82) is 0 Å². The number of nitrogens with zero attached hydrogens (tertiary/aromatic N) is 3. The van der Waals surface area contributed by atoms with Crippen LogP contribution in [0.15, 0.2) is 6.20 Å². The van der Waals surface area contributed by atoms with Crippen LogP contribution in [0.3, 0.4) is 0 Å². The van der Waals surface area contributed by atoms with Crippen molar-refractivity contribution >= 4 is 5.95 Å². The number of likely N-dealkylation sites (tertiary alicyclic amines) is 1. The molecule has 2 heterocycles. The number of likely N-dealkylation sites (N-methyl/N-ethyl adjacent to an activating group) is 1. The lowest BCUT2D eigenvalue weighted by Crippen LogP contribution is -2.32.